The SMILES string of the molecule is CC(NC1=C(C(C)(C)C)C=CCC1)N1Cc2ccccc2C1. The molecule has 2 heteroatoms. The minimum absolute atomic E-state index is 0.201. The molecule has 1 unspecified atom stereocenters. The van der Waals surface area contributed by atoms with Crippen LogP contribution in [0.2, 0.25) is 0 Å². The van der Waals surface area contributed by atoms with Crippen molar-refractivity contribution in [2.24, 2.45) is 5.41 Å². The highest BCUT2D eigenvalue weighted by Crippen LogP contribution is 2.33. The molecule has 2 nitrogen and oxygen atoms in total. The molecule has 118 valence electrons. The fourth-order valence-corrected chi connectivity index (χ4v) is 3.49. The van der Waals surface area contributed by atoms with Gasteiger partial charge in [-0.3, -0.25) is 4.90 Å². The van der Waals surface area contributed by atoms with Crippen molar-refractivity contribution in [3.8, 4) is 0 Å². The van der Waals surface area contributed by atoms with Gasteiger partial charge in [0.2, 0.25) is 0 Å². The van der Waals surface area contributed by atoms with Crippen LogP contribution in [-0.4, -0.2) is 11.1 Å². The second kappa shape index (κ2) is 5.92. The second-order valence-electron chi connectivity index (χ2n) is 7.58. The van der Waals surface area contributed by atoms with Crippen LogP contribution in [0.4, 0.5) is 0 Å². The van der Waals surface area contributed by atoms with Gasteiger partial charge in [0, 0.05) is 18.8 Å². The number of benzene rings is 1. The summed E-state index contributed by atoms with van der Waals surface area (Å²) in [5.41, 5.74) is 6.04. The van der Waals surface area contributed by atoms with Crippen LogP contribution >= 0.6 is 0 Å². The number of nitrogens with one attached hydrogen (secondary N) is 1. The van der Waals surface area contributed by atoms with Gasteiger partial charge in [-0.15, -0.1) is 0 Å². The second-order valence-corrected chi connectivity index (χ2v) is 7.58. The maximum absolute atomic E-state index is 3.81. The van der Waals surface area contributed by atoms with Gasteiger partial charge in [-0.05, 0) is 41.9 Å². The quantitative estimate of drug-likeness (QED) is 0.877. The molecule has 1 atom stereocenters. The molecular formula is C20H28N2. The first-order valence-corrected chi connectivity index (χ1v) is 8.42. The largest absolute Gasteiger partial charge is 0.373 e. The molecule has 1 aromatic carbocycles. The van der Waals surface area contributed by atoms with E-state index in [4.69, 9.17) is 0 Å². The van der Waals surface area contributed by atoms with E-state index in [2.05, 4.69) is 74.3 Å². The predicted molar refractivity (Wildman–Crippen MR) is 93.1 cm³/mol. The lowest BCUT2D eigenvalue weighted by atomic mass is 9.82. The average Bonchev–Trinajstić information content (AvgIpc) is 2.90. The highest BCUT2D eigenvalue weighted by atomic mass is 15.3. The van der Waals surface area contributed by atoms with Gasteiger partial charge in [0.25, 0.3) is 0 Å². The van der Waals surface area contributed by atoms with E-state index in [0.717, 1.165) is 25.9 Å². The van der Waals surface area contributed by atoms with E-state index in [9.17, 15) is 0 Å². The summed E-state index contributed by atoms with van der Waals surface area (Å²) in [5, 5.41) is 3.81. The van der Waals surface area contributed by atoms with E-state index in [1.54, 1.807) is 0 Å². The molecule has 1 aromatic rings. The summed E-state index contributed by atoms with van der Waals surface area (Å²) in [6.45, 7) is 11.3. The summed E-state index contributed by atoms with van der Waals surface area (Å²) in [4.78, 5) is 2.52. The van der Waals surface area contributed by atoms with Gasteiger partial charge in [0.15, 0.2) is 0 Å². The Morgan fingerprint density at radius 3 is 2.32 bits per heavy atom. The van der Waals surface area contributed by atoms with Crippen LogP contribution < -0.4 is 5.32 Å². The summed E-state index contributed by atoms with van der Waals surface area (Å²) in [5.74, 6) is 0. The number of rotatable bonds is 3. The van der Waals surface area contributed by atoms with Gasteiger partial charge in [0.1, 0.15) is 0 Å². The maximum atomic E-state index is 3.81. The van der Waals surface area contributed by atoms with E-state index in [1.807, 2.05) is 0 Å². The van der Waals surface area contributed by atoms with Gasteiger partial charge < -0.3 is 5.32 Å². The minimum atomic E-state index is 0.201. The van der Waals surface area contributed by atoms with Crippen LogP contribution in [0.25, 0.3) is 0 Å². The Bertz CT molecular complexity index is 579. The van der Waals surface area contributed by atoms with Gasteiger partial charge >= 0.3 is 0 Å². The molecule has 1 heterocycles. The Morgan fingerprint density at radius 2 is 1.73 bits per heavy atom. The van der Waals surface area contributed by atoms with E-state index in [1.165, 1.54) is 22.4 Å². The van der Waals surface area contributed by atoms with Crippen LogP contribution in [0.1, 0.15) is 51.7 Å². The van der Waals surface area contributed by atoms with Crippen molar-refractivity contribution in [3.05, 3.63) is 58.8 Å². The topological polar surface area (TPSA) is 15.3 Å². The highest BCUT2D eigenvalue weighted by molar-refractivity contribution is 5.34. The summed E-state index contributed by atoms with van der Waals surface area (Å²) in [7, 11) is 0. The number of allylic oxidation sites excluding steroid dienone is 4. The first-order valence-electron chi connectivity index (χ1n) is 8.42. The van der Waals surface area contributed by atoms with Gasteiger partial charge in [-0.1, -0.05) is 57.2 Å². The summed E-state index contributed by atoms with van der Waals surface area (Å²) >= 11 is 0. The van der Waals surface area contributed by atoms with Crippen molar-refractivity contribution in [2.75, 3.05) is 0 Å². The third-order valence-corrected chi connectivity index (χ3v) is 4.77. The Kier molecular flexibility index (Phi) is 4.14. The van der Waals surface area contributed by atoms with Crippen LogP contribution in [0.15, 0.2) is 47.7 Å². The summed E-state index contributed by atoms with van der Waals surface area (Å²) in [6, 6.07) is 8.80. The molecular weight excluding hydrogens is 268 g/mol. The van der Waals surface area contributed by atoms with Gasteiger partial charge in [-0.2, -0.15) is 0 Å². The third kappa shape index (κ3) is 3.12. The molecule has 0 amide bonds. The Balaban J connectivity index is 1.73. The molecule has 22 heavy (non-hydrogen) atoms. The Morgan fingerprint density at radius 1 is 1.09 bits per heavy atom. The lowest BCUT2D eigenvalue weighted by Gasteiger charge is -2.32. The van der Waals surface area contributed by atoms with Crippen LogP contribution in [0.3, 0.4) is 0 Å². The molecule has 1 aliphatic heterocycles. The van der Waals surface area contributed by atoms with Crippen LogP contribution in [0.5, 0.6) is 0 Å². The maximum Gasteiger partial charge on any atom is 0.0767 e. The Labute approximate surface area is 134 Å². The zero-order chi connectivity index (χ0) is 15.7. The van der Waals surface area contributed by atoms with E-state index in [0.29, 0.717) is 6.17 Å². The lowest BCUT2D eigenvalue weighted by molar-refractivity contribution is 0.188. The smallest absolute Gasteiger partial charge is 0.0767 e. The molecule has 0 saturated heterocycles. The van der Waals surface area contributed by atoms with E-state index in [-0.39, 0.29) is 5.41 Å². The van der Waals surface area contributed by atoms with Gasteiger partial charge in [0.05, 0.1) is 6.17 Å². The molecule has 1 aliphatic carbocycles. The average molecular weight is 296 g/mol. The molecule has 0 bridgehead atoms. The van der Waals surface area contributed by atoms with Crippen molar-refractivity contribution >= 4 is 0 Å². The lowest BCUT2D eigenvalue weighted by Crippen LogP contribution is -2.41. The number of nitrogens with zero attached hydrogens (tertiary/aromatic N) is 1. The van der Waals surface area contributed by atoms with Crippen LogP contribution in [0, 0.1) is 5.41 Å². The van der Waals surface area contributed by atoms with Crippen molar-refractivity contribution < 1.29 is 0 Å². The molecule has 0 spiro atoms. The number of fused-ring (bicyclic) bond motifs is 1. The Hall–Kier alpha value is -1.54. The first kappa shape index (κ1) is 15.4. The molecule has 1 N–H and O–H groups in total. The molecule has 2 aliphatic rings. The van der Waals surface area contributed by atoms with Crippen molar-refractivity contribution in [1.29, 1.82) is 0 Å². The van der Waals surface area contributed by atoms with Crippen molar-refractivity contribution in [1.82, 2.24) is 10.2 Å². The van der Waals surface area contributed by atoms with Gasteiger partial charge in [-0.25, -0.2) is 0 Å². The standard InChI is InChI=1S/C20H28N2/c1-15(22-13-16-9-5-6-10-17(16)14-22)21-19-12-8-7-11-18(19)20(2,3)4/h5-7,9-11,15,21H,8,12-14H2,1-4H3. The summed E-state index contributed by atoms with van der Waals surface area (Å²) < 4.78 is 0. The predicted octanol–water partition coefficient (Wildman–Crippen LogP) is 4.59. The zero-order valence-corrected chi connectivity index (χ0v) is 14.3. The molecule has 0 saturated carbocycles. The highest BCUT2D eigenvalue weighted by Gasteiger charge is 2.26. The fraction of sp³-hybridized carbons (Fsp3) is 0.500. The van der Waals surface area contributed by atoms with E-state index < -0.39 is 0 Å². The molecule has 3 rings (SSSR count). The summed E-state index contributed by atoms with van der Waals surface area (Å²) in [6.07, 6.45) is 7.27. The van der Waals surface area contributed by atoms with E-state index >= 15 is 0 Å². The van der Waals surface area contributed by atoms with Crippen molar-refractivity contribution in [2.45, 2.75) is 59.8 Å². The fourth-order valence-electron chi connectivity index (χ4n) is 3.49. The van der Waals surface area contributed by atoms with Crippen molar-refractivity contribution in [3.63, 3.8) is 0 Å². The molecule has 0 aromatic heterocycles. The normalized spacial score (nSPS) is 20.2. The molecule has 0 radical (unpaired) electrons. The molecule has 0 fully saturated rings. The van der Waals surface area contributed by atoms with Crippen LogP contribution in [-0.2, 0) is 13.1 Å². The first-order chi connectivity index (χ1) is 10.4. The number of hydrogen-bond donors (Lipinski definition) is 1. The zero-order valence-electron chi connectivity index (χ0n) is 14.3. The third-order valence-electron chi connectivity index (χ3n) is 4.77. The monoisotopic (exact) mass is 296 g/mol. The number of hydrogen-bond acceptors (Lipinski definition) is 2. The minimum Gasteiger partial charge on any atom is -0.373 e.